The van der Waals surface area contributed by atoms with Gasteiger partial charge in [-0.2, -0.15) is 0 Å². The number of carbonyl (C=O) groups excluding carboxylic acids is 1. The van der Waals surface area contributed by atoms with Crippen molar-refractivity contribution in [3.05, 3.63) is 44.7 Å². The van der Waals surface area contributed by atoms with Crippen LogP contribution in [0, 0.1) is 0 Å². The Bertz CT molecular complexity index is 747. The van der Waals surface area contributed by atoms with E-state index in [9.17, 15) is 4.79 Å². The zero-order valence-corrected chi connectivity index (χ0v) is 12.2. The van der Waals surface area contributed by atoms with Crippen molar-refractivity contribution in [2.75, 3.05) is 0 Å². The van der Waals surface area contributed by atoms with Crippen molar-refractivity contribution in [2.24, 2.45) is 0 Å². The molecule has 0 bridgehead atoms. The average molecular weight is 341 g/mol. The number of hydrogen-bond donors (Lipinski definition) is 1. The lowest BCUT2D eigenvalue weighted by Crippen LogP contribution is -1.80. The first-order chi connectivity index (χ1) is 8.69. The predicted molar refractivity (Wildman–Crippen MR) is 79.7 cm³/mol. The summed E-state index contributed by atoms with van der Waals surface area (Å²) in [5.74, 6) is 0. The van der Waals surface area contributed by atoms with Crippen LogP contribution in [0.2, 0.25) is 4.34 Å². The summed E-state index contributed by atoms with van der Waals surface area (Å²) in [5.41, 5.74) is 2.44. The summed E-state index contributed by atoms with van der Waals surface area (Å²) in [6.07, 6.45) is 0.883. The van der Waals surface area contributed by atoms with Gasteiger partial charge in [0.15, 0.2) is 6.29 Å². The largest absolute Gasteiger partial charge is 0.353 e. The Morgan fingerprint density at radius 1 is 1.28 bits per heavy atom. The number of fused-ring (bicyclic) bond motifs is 1. The van der Waals surface area contributed by atoms with Gasteiger partial charge >= 0.3 is 0 Å². The second kappa shape index (κ2) is 4.53. The number of nitrogens with one attached hydrogen (secondary N) is 1. The van der Waals surface area contributed by atoms with Crippen LogP contribution in [0.1, 0.15) is 10.4 Å². The van der Waals surface area contributed by atoms with Crippen LogP contribution >= 0.6 is 38.9 Å². The van der Waals surface area contributed by atoms with Crippen molar-refractivity contribution < 1.29 is 4.79 Å². The minimum Gasteiger partial charge on any atom is -0.353 e. The quantitative estimate of drug-likeness (QED) is 0.645. The Labute approximate surface area is 121 Å². The number of carbonyl (C=O) groups is 1. The van der Waals surface area contributed by atoms with Gasteiger partial charge in [-0.3, -0.25) is 4.79 Å². The highest BCUT2D eigenvalue weighted by Gasteiger charge is 2.14. The van der Waals surface area contributed by atoms with Crippen molar-refractivity contribution in [1.29, 1.82) is 0 Å². The maximum Gasteiger partial charge on any atom is 0.152 e. The summed E-state index contributed by atoms with van der Waals surface area (Å²) in [5, 5.41) is 0.916. The van der Waals surface area contributed by atoms with E-state index in [1.807, 2.05) is 30.3 Å². The van der Waals surface area contributed by atoms with E-state index in [1.165, 1.54) is 11.3 Å². The van der Waals surface area contributed by atoms with Crippen molar-refractivity contribution in [2.45, 2.75) is 0 Å². The molecule has 0 amide bonds. The molecule has 0 aliphatic heterocycles. The maximum absolute atomic E-state index is 11.3. The standard InChI is InChI=1S/C13H7BrClNOS/c14-7-1-2-10-8(5-7)9(6-17)13(16-10)11-3-4-12(15)18-11/h1-6,16H. The van der Waals surface area contributed by atoms with E-state index >= 15 is 0 Å². The second-order valence-corrected chi connectivity index (χ2v) is 6.46. The molecule has 2 heterocycles. The van der Waals surface area contributed by atoms with E-state index in [-0.39, 0.29) is 0 Å². The Morgan fingerprint density at radius 3 is 2.78 bits per heavy atom. The number of aldehydes is 1. The second-order valence-electron chi connectivity index (χ2n) is 3.83. The molecule has 0 atom stereocenters. The van der Waals surface area contributed by atoms with Crippen LogP contribution in [-0.2, 0) is 0 Å². The molecule has 0 saturated carbocycles. The summed E-state index contributed by atoms with van der Waals surface area (Å²) in [4.78, 5) is 15.6. The molecule has 0 aliphatic carbocycles. The normalized spacial score (nSPS) is 11.0. The number of benzene rings is 1. The van der Waals surface area contributed by atoms with Crippen LogP contribution in [-0.4, -0.2) is 11.3 Å². The monoisotopic (exact) mass is 339 g/mol. The number of aromatic amines is 1. The van der Waals surface area contributed by atoms with Gasteiger partial charge in [0.25, 0.3) is 0 Å². The molecule has 1 N–H and O–H groups in total. The summed E-state index contributed by atoms with van der Waals surface area (Å²) < 4.78 is 1.66. The van der Waals surface area contributed by atoms with Gasteiger partial charge in [0.05, 0.1) is 14.9 Å². The van der Waals surface area contributed by atoms with Gasteiger partial charge in [-0.05, 0) is 30.3 Å². The summed E-state index contributed by atoms with van der Waals surface area (Å²) in [6.45, 7) is 0. The Hall–Kier alpha value is -1.10. The number of rotatable bonds is 2. The molecular formula is C13H7BrClNOS. The maximum atomic E-state index is 11.3. The van der Waals surface area contributed by atoms with E-state index < -0.39 is 0 Å². The molecule has 2 aromatic heterocycles. The fourth-order valence-corrected chi connectivity index (χ4v) is 3.37. The van der Waals surface area contributed by atoms with Gasteiger partial charge in [0.2, 0.25) is 0 Å². The van der Waals surface area contributed by atoms with Crippen LogP contribution < -0.4 is 0 Å². The van der Waals surface area contributed by atoms with Crippen molar-refractivity contribution in [1.82, 2.24) is 4.98 Å². The first-order valence-corrected chi connectivity index (χ1v) is 7.20. The molecule has 5 heteroatoms. The van der Waals surface area contributed by atoms with Gasteiger partial charge in [0, 0.05) is 20.9 Å². The fraction of sp³-hybridized carbons (Fsp3) is 0. The molecule has 3 rings (SSSR count). The van der Waals surface area contributed by atoms with E-state index in [1.54, 1.807) is 0 Å². The molecule has 1 aromatic carbocycles. The highest BCUT2D eigenvalue weighted by atomic mass is 79.9. The minimum atomic E-state index is 0.671. The Morgan fingerprint density at radius 2 is 2.11 bits per heavy atom. The lowest BCUT2D eigenvalue weighted by Gasteiger charge is -1.94. The third-order valence-electron chi connectivity index (χ3n) is 2.74. The Kier molecular flexibility index (Phi) is 3.01. The van der Waals surface area contributed by atoms with Gasteiger partial charge in [-0.25, -0.2) is 0 Å². The summed E-state index contributed by atoms with van der Waals surface area (Å²) >= 11 is 10.8. The molecule has 0 unspecified atom stereocenters. The third-order valence-corrected chi connectivity index (χ3v) is 4.48. The van der Waals surface area contributed by atoms with Crippen LogP contribution in [0.5, 0.6) is 0 Å². The van der Waals surface area contributed by atoms with Crippen LogP contribution in [0.4, 0.5) is 0 Å². The zero-order chi connectivity index (χ0) is 12.7. The fourth-order valence-electron chi connectivity index (χ4n) is 1.95. The topological polar surface area (TPSA) is 32.9 Å². The highest BCUT2D eigenvalue weighted by molar-refractivity contribution is 9.10. The van der Waals surface area contributed by atoms with E-state index in [0.29, 0.717) is 9.90 Å². The van der Waals surface area contributed by atoms with Crippen LogP contribution in [0.15, 0.2) is 34.8 Å². The lowest BCUT2D eigenvalue weighted by atomic mass is 10.1. The van der Waals surface area contributed by atoms with E-state index in [4.69, 9.17) is 11.6 Å². The summed E-state index contributed by atoms with van der Waals surface area (Å²) in [7, 11) is 0. The molecule has 0 spiro atoms. The number of thiophene rings is 1. The molecule has 18 heavy (non-hydrogen) atoms. The molecule has 3 aromatic rings. The molecular weight excluding hydrogens is 334 g/mol. The highest BCUT2D eigenvalue weighted by Crippen LogP contribution is 2.36. The number of aromatic nitrogens is 1. The molecule has 0 fully saturated rings. The van der Waals surface area contributed by atoms with E-state index in [0.717, 1.165) is 32.2 Å². The van der Waals surface area contributed by atoms with Crippen molar-refractivity contribution in [3.8, 4) is 10.6 Å². The Balaban J connectivity index is 2.32. The van der Waals surface area contributed by atoms with Gasteiger partial charge < -0.3 is 4.98 Å². The smallest absolute Gasteiger partial charge is 0.152 e. The number of hydrogen-bond acceptors (Lipinski definition) is 2. The van der Waals surface area contributed by atoms with Crippen molar-refractivity contribution in [3.63, 3.8) is 0 Å². The van der Waals surface area contributed by atoms with Gasteiger partial charge in [0.1, 0.15) is 0 Å². The van der Waals surface area contributed by atoms with E-state index in [2.05, 4.69) is 20.9 Å². The molecule has 0 saturated heterocycles. The lowest BCUT2D eigenvalue weighted by molar-refractivity contribution is 0.112. The minimum absolute atomic E-state index is 0.671. The first kappa shape index (κ1) is 12.0. The molecule has 2 nitrogen and oxygen atoms in total. The van der Waals surface area contributed by atoms with Gasteiger partial charge in [-0.15, -0.1) is 11.3 Å². The molecule has 0 aliphatic rings. The van der Waals surface area contributed by atoms with Crippen LogP contribution in [0.25, 0.3) is 21.5 Å². The molecule has 0 radical (unpaired) electrons. The average Bonchev–Trinajstić information content (AvgIpc) is 2.91. The number of halogens is 2. The number of H-pyrrole nitrogens is 1. The predicted octanol–water partition coefficient (Wildman–Crippen LogP) is 5.12. The van der Waals surface area contributed by atoms with Crippen LogP contribution in [0.3, 0.4) is 0 Å². The zero-order valence-electron chi connectivity index (χ0n) is 9.04. The summed E-state index contributed by atoms with van der Waals surface area (Å²) in [6, 6.07) is 9.58. The first-order valence-electron chi connectivity index (χ1n) is 5.21. The third kappa shape index (κ3) is 1.90. The SMILES string of the molecule is O=Cc1c(-c2ccc(Cl)s2)[nH]c2ccc(Br)cc12. The molecule has 90 valence electrons. The van der Waals surface area contributed by atoms with Crippen molar-refractivity contribution >= 4 is 56.1 Å². The van der Waals surface area contributed by atoms with Gasteiger partial charge in [-0.1, -0.05) is 27.5 Å².